The van der Waals surface area contributed by atoms with Crippen LogP contribution < -0.4 is 0 Å². The van der Waals surface area contributed by atoms with Crippen molar-refractivity contribution < 1.29 is 4.39 Å². The Kier molecular flexibility index (Phi) is 3.15. The van der Waals surface area contributed by atoms with Gasteiger partial charge in [-0.25, -0.2) is 4.39 Å². The number of allylic oxidation sites excluding steroid dienone is 8. The normalized spacial score (nSPS) is 17.1. The van der Waals surface area contributed by atoms with E-state index < -0.39 is 0 Å². The van der Waals surface area contributed by atoms with Crippen molar-refractivity contribution in [3.63, 3.8) is 0 Å². The summed E-state index contributed by atoms with van der Waals surface area (Å²) in [4.78, 5) is 0. The second-order valence-electron chi connectivity index (χ2n) is 5.59. The van der Waals surface area contributed by atoms with E-state index in [-0.39, 0.29) is 17.7 Å². The predicted molar refractivity (Wildman–Crippen MR) is 87.8 cm³/mol. The molecule has 1 heterocycles. The highest BCUT2D eigenvalue weighted by atomic mass is 19.1. The molecule has 2 aliphatic carbocycles. The molecule has 0 aliphatic heterocycles. The maximum atomic E-state index is 13.3. The zero-order valence-electron chi connectivity index (χ0n) is 12.1. The molecule has 0 bridgehead atoms. The Balaban J connectivity index is 1.87. The van der Waals surface area contributed by atoms with Crippen LogP contribution in [-0.4, -0.2) is 4.57 Å². The lowest BCUT2D eigenvalue weighted by atomic mass is 10.1. The molecule has 0 atom stereocenters. The Morgan fingerprint density at radius 2 is 1.09 bits per heavy atom. The van der Waals surface area contributed by atoms with E-state index in [0.717, 1.165) is 5.69 Å². The minimum Gasteiger partial charge on any atom is -0.316 e. The van der Waals surface area contributed by atoms with Gasteiger partial charge < -0.3 is 4.57 Å². The SMILES string of the molecule is Fc1ccc(-n2c(C3C=CC=C3)ccc2C2C=CC=C2)cc1. The van der Waals surface area contributed by atoms with E-state index in [2.05, 4.69) is 65.3 Å². The molecule has 108 valence electrons. The van der Waals surface area contributed by atoms with Crippen LogP contribution in [0.1, 0.15) is 23.2 Å². The van der Waals surface area contributed by atoms with Gasteiger partial charge in [-0.2, -0.15) is 0 Å². The Morgan fingerprint density at radius 3 is 1.55 bits per heavy atom. The van der Waals surface area contributed by atoms with Crippen LogP contribution in [0.25, 0.3) is 5.69 Å². The van der Waals surface area contributed by atoms with Crippen molar-refractivity contribution in [2.24, 2.45) is 0 Å². The minimum atomic E-state index is -0.208. The smallest absolute Gasteiger partial charge is 0.123 e. The minimum absolute atomic E-state index is 0.208. The molecule has 2 aliphatic rings. The number of hydrogen-bond acceptors (Lipinski definition) is 0. The molecular weight excluding hydrogens is 273 g/mol. The summed E-state index contributed by atoms with van der Waals surface area (Å²) in [5, 5.41) is 0. The number of nitrogens with zero attached hydrogens (tertiary/aromatic N) is 1. The zero-order chi connectivity index (χ0) is 14.9. The van der Waals surface area contributed by atoms with E-state index in [1.54, 1.807) is 0 Å². The largest absolute Gasteiger partial charge is 0.316 e. The van der Waals surface area contributed by atoms with Crippen LogP contribution in [0.15, 0.2) is 85.0 Å². The van der Waals surface area contributed by atoms with Gasteiger partial charge in [-0.15, -0.1) is 0 Å². The van der Waals surface area contributed by atoms with E-state index in [4.69, 9.17) is 0 Å². The zero-order valence-corrected chi connectivity index (χ0v) is 12.1. The number of halogens is 1. The first-order valence-corrected chi connectivity index (χ1v) is 7.50. The quantitative estimate of drug-likeness (QED) is 0.746. The van der Waals surface area contributed by atoms with Crippen LogP contribution in [0.4, 0.5) is 4.39 Å². The van der Waals surface area contributed by atoms with Crippen LogP contribution in [0.3, 0.4) is 0 Å². The molecule has 0 saturated carbocycles. The highest BCUT2D eigenvalue weighted by Gasteiger charge is 2.20. The number of rotatable bonds is 3. The third kappa shape index (κ3) is 2.17. The van der Waals surface area contributed by atoms with E-state index in [1.807, 2.05) is 12.1 Å². The Hall–Kier alpha value is -2.61. The molecule has 0 N–H and O–H groups in total. The van der Waals surface area contributed by atoms with Crippen LogP contribution >= 0.6 is 0 Å². The molecule has 4 rings (SSSR count). The average molecular weight is 289 g/mol. The molecule has 0 radical (unpaired) electrons. The predicted octanol–water partition coefficient (Wildman–Crippen LogP) is 5.04. The van der Waals surface area contributed by atoms with Crippen molar-refractivity contribution in [2.75, 3.05) is 0 Å². The van der Waals surface area contributed by atoms with Gasteiger partial charge in [0.15, 0.2) is 0 Å². The van der Waals surface area contributed by atoms with Gasteiger partial charge >= 0.3 is 0 Å². The van der Waals surface area contributed by atoms with E-state index in [0.29, 0.717) is 0 Å². The van der Waals surface area contributed by atoms with Gasteiger partial charge in [-0.3, -0.25) is 0 Å². The molecule has 0 amide bonds. The lowest BCUT2D eigenvalue weighted by Crippen LogP contribution is -2.08. The average Bonchev–Trinajstić information content (AvgIpc) is 3.27. The van der Waals surface area contributed by atoms with Gasteiger partial charge in [0.25, 0.3) is 0 Å². The number of benzene rings is 1. The third-order valence-electron chi connectivity index (χ3n) is 4.21. The maximum absolute atomic E-state index is 13.3. The number of hydrogen-bond donors (Lipinski definition) is 0. The van der Waals surface area contributed by atoms with Crippen molar-refractivity contribution in [1.82, 2.24) is 4.57 Å². The molecule has 0 saturated heterocycles. The van der Waals surface area contributed by atoms with Crippen molar-refractivity contribution in [2.45, 2.75) is 11.8 Å². The Morgan fingerprint density at radius 1 is 0.636 bits per heavy atom. The second-order valence-corrected chi connectivity index (χ2v) is 5.59. The topological polar surface area (TPSA) is 4.93 Å². The first-order valence-electron chi connectivity index (χ1n) is 7.50. The van der Waals surface area contributed by atoms with Crippen LogP contribution in [0.5, 0.6) is 0 Å². The van der Waals surface area contributed by atoms with Crippen molar-refractivity contribution in [1.29, 1.82) is 0 Å². The third-order valence-corrected chi connectivity index (χ3v) is 4.21. The first kappa shape index (κ1) is 13.1. The highest BCUT2D eigenvalue weighted by molar-refractivity contribution is 5.46. The van der Waals surface area contributed by atoms with Crippen LogP contribution in [0.2, 0.25) is 0 Å². The molecule has 1 aromatic carbocycles. The maximum Gasteiger partial charge on any atom is 0.123 e. The second kappa shape index (κ2) is 5.30. The summed E-state index contributed by atoms with van der Waals surface area (Å²) in [6.07, 6.45) is 17.0. The summed E-state index contributed by atoms with van der Waals surface area (Å²) >= 11 is 0. The number of aromatic nitrogens is 1. The van der Waals surface area contributed by atoms with Gasteiger partial charge in [0, 0.05) is 28.9 Å². The molecular formula is C20H16FN. The Bertz CT molecular complexity index is 733. The molecule has 22 heavy (non-hydrogen) atoms. The lowest BCUT2D eigenvalue weighted by molar-refractivity contribution is 0.627. The summed E-state index contributed by atoms with van der Waals surface area (Å²) in [5.41, 5.74) is 3.42. The van der Waals surface area contributed by atoms with E-state index >= 15 is 0 Å². The molecule has 1 aromatic heterocycles. The fraction of sp³-hybridized carbons (Fsp3) is 0.100. The molecule has 2 heteroatoms. The van der Waals surface area contributed by atoms with Crippen molar-refractivity contribution in [3.05, 3.63) is 102 Å². The van der Waals surface area contributed by atoms with Gasteiger partial charge in [0.1, 0.15) is 5.82 Å². The summed E-state index contributed by atoms with van der Waals surface area (Å²) in [6, 6.07) is 11.1. The molecule has 0 fully saturated rings. The van der Waals surface area contributed by atoms with Gasteiger partial charge in [0.05, 0.1) is 0 Å². The van der Waals surface area contributed by atoms with Crippen molar-refractivity contribution in [3.8, 4) is 5.69 Å². The van der Waals surface area contributed by atoms with E-state index in [1.165, 1.54) is 23.5 Å². The summed E-state index contributed by atoms with van der Waals surface area (Å²) in [6.45, 7) is 0. The molecule has 2 aromatic rings. The molecule has 0 unspecified atom stereocenters. The fourth-order valence-electron chi connectivity index (χ4n) is 3.14. The van der Waals surface area contributed by atoms with Crippen LogP contribution in [-0.2, 0) is 0 Å². The Labute approximate surface area is 129 Å². The highest BCUT2D eigenvalue weighted by Crippen LogP contribution is 2.33. The monoisotopic (exact) mass is 289 g/mol. The summed E-state index contributed by atoms with van der Waals surface area (Å²) in [7, 11) is 0. The molecule has 0 spiro atoms. The summed E-state index contributed by atoms with van der Waals surface area (Å²) in [5.74, 6) is 0.335. The summed E-state index contributed by atoms with van der Waals surface area (Å²) < 4.78 is 15.5. The van der Waals surface area contributed by atoms with Crippen molar-refractivity contribution >= 4 is 0 Å². The van der Waals surface area contributed by atoms with Gasteiger partial charge in [-0.05, 0) is 36.4 Å². The van der Waals surface area contributed by atoms with Crippen LogP contribution in [0, 0.1) is 5.82 Å². The first-order chi connectivity index (χ1) is 10.8. The lowest BCUT2D eigenvalue weighted by Gasteiger charge is -2.18. The van der Waals surface area contributed by atoms with E-state index in [9.17, 15) is 4.39 Å². The standard InChI is InChI=1S/C20H16FN/c21-17-9-11-18(12-10-17)22-19(15-5-1-2-6-15)13-14-20(22)16-7-3-4-8-16/h1-16H. The molecule has 1 nitrogen and oxygen atoms in total. The van der Waals surface area contributed by atoms with Gasteiger partial charge in [-0.1, -0.05) is 48.6 Å². The van der Waals surface area contributed by atoms with Gasteiger partial charge in [0.2, 0.25) is 0 Å². The fourth-order valence-corrected chi connectivity index (χ4v) is 3.14.